The molecule has 0 radical (unpaired) electrons. The summed E-state index contributed by atoms with van der Waals surface area (Å²) in [5.41, 5.74) is 0. The lowest BCUT2D eigenvalue weighted by atomic mass is 10.2. The number of carbonyl (C=O) groups is 2. The minimum absolute atomic E-state index is 0.219. The highest BCUT2D eigenvalue weighted by molar-refractivity contribution is 5.85. The van der Waals surface area contributed by atoms with Gasteiger partial charge >= 0.3 is 11.9 Å². The quantitative estimate of drug-likeness (QED) is 0.384. The number of hydrogen-bond acceptors (Lipinski definition) is 6. The summed E-state index contributed by atoms with van der Waals surface area (Å²) in [5, 5.41) is 0. The first-order valence-corrected chi connectivity index (χ1v) is 8.18. The Kier molecular flexibility index (Phi) is 12.8. The summed E-state index contributed by atoms with van der Waals surface area (Å²) in [5.74, 6) is -1.18. The normalized spacial score (nSPS) is 13.5. The lowest BCUT2D eigenvalue weighted by Gasteiger charge is -2.24. The predicted octanol–water partition coefficient (Wildman–Crippen LogP) is 2.48. The van der Waals surface area contributed by atoms with E-state index in [4.69, 9.17) is 18.9 Å². The van der Waals surface area contributed by atoms with Gasteiger partial charge in [0.2, 0.25) is 0 Å². The summed E-state index contributed by atoms with van der Waals surface area (Å²) >= 11 is 0. The van der Waals surface area contributed by atoms with Gasteiger partial charge in [-0.15, -0.1) is 0 Å². The van der Waals surface area contributed by atoms with Crippen molar-refractivity contribution in [2.75, 3.05) is 26.4 Å². The zero-order valence-corrected chi connectivity index (χ0v) is 14.3. The second-order valence-electron chi connectivity index (χ2n) is 4.79. The van der Waals surface area contributed by atoms with Gasteiger partial charge in [0.15, 0.2) is 12.2 Å². The van der Waals surface area contributed by atoms with Crippen LogP contribution in [0.2, 0.25) is 0 Å². The molecule has 0 bridgehead atoms. The summed E-state index contributed by atoms with van der Waals surface area (Å²) in [6.45, 7) is 8.62. The minimum Gasteiger partial charge on any atom is -0.464 e. The molecule has 0 saturated heterocycles. The average Bonchev–Trinajstić information content (AvgIpc) is 2.49. The van der Waals surface area contributed by atoms with E-state index in [9.17, 15) is 9.59 Å². The first-order valence-electron chi connectivity index (χ1n) is 8.18. The molecule has 130 valence electrons. The van der Waals surface area contributed by atoms with Crippen molar-refractivity contribution >= 4 is 11.9 Å². The average molecular weight is 318 g/mol. The summed E-state index contributed by atoms with van der Waals surface area (Å²) in [6.07, 6.45) is 1.28. The van der Waals surface area contributed by atoms with E-state index in [-0.39, 0.29) is 13.2 Å². The Hall–Kier alpha value is -1.14. The van der Waals surface area contributed by atoms with Crippen LogP contribution in [0.1, 0.15) is 53.4 Å². The van der Waals surface area contributed by atoms with Crippen LogP contribution in [0, 0.1) is 0 Å². The first kappa shape index (κ1) is 20.9. The maximum atomic E-state index is 12.1. The number of rotatable bonds is 13. The van der Waals surface area contributed by atoms with Crippen LogP contribution in [0.4, 0.5) is 0 Å². The van der Waals surface area contributed by atoms with E-state index in [2.05, 4.69) is 0 Å². The SMILES string of the molecule is CCCCOC(C(=O)OCC)C(OCCCC)C(=O)OCC. The number of hydrogen-bond donors (Lipinski definition) is 0. The Labute approximate surface area is 133 Å². The molecule has 0 saturated carbocycles. The Morgan fingerprint density at radius 3 is 1.36 bits per heavy atom. The van der Waals surface area contributed by atoms with Gasteiger partial charge in [-0.2, -0.15) is 0 Å². The zero-order chi connectivity index (χ0) is 16.8. The van der Waals surface area contributed by atoms with Crippen LogP contribution >= 0.6 is 0 Å². The smallest absolute Gasteiger partial charge is 0.338 e. The fourth-order valence-corrected chi connectivity index (χ4v) is 1.72. The molecule has 0 rings (SSSR count). The van der Waals surface area contributed by atoms with Crippen molar-refractivity contribution in [1.29, 1.82) is 0 Å². The highest BCUT2D eigenvalue weighted by atomic mass is 16.6. The molecule has 2 atom stereocenters. The van der Waals surface area contributed by atoms with E-state index in [0.29, 0.717) is 13.2 Å². The number of carbonyl (C=O) groups excluding carboxylic acids is 2. The highest BCUT2D eigenvalue weighted by Gasteiger charge is 2.37. The van der Waals surface area contributed by atoms with E-state index >= 15 is 0 Å². The molecule has 0 aliphatic heterocycles. The monoisotopic (exact) mass is 318 g/mol. The maximum Gasteiger partial charge on any atom is 0.338 e. The van der Waals surface area contributed by atoms with Crippen molar-refractivity contribution in [1.82, 2.24) is 0 Å². The summed E-state index contributed by atoms with van der Waals surface area (Å²) in [4.78, 5) is 24.2. The third-order valence-electron chi connectivity index (χ3n) is 2.90. The molecule has 2 unspecified atom stereocenters. The van der Waals surface area contributed by atoms with Crippen molar-refractivity contribution in [3.05, 3.63) is 0 Å². The lowest BCUT2D eigenvalue weighted by Crippen LogP contribution is -2.45. The Balaban J connectivity index is 4.94. The number of esters is 2. The van der Waals surface area contributed by atoms with Crippen LogP contribution in [-0.4, -0.2) is 50.6 Å². The van der Waals surface area contributed by atoms with Gasteiger partial charge in [-0.25, -0.2) is 9.59 Å². The highest BCUT2D eigenvalue weighted by Crippen LogP contribution is 2.12. The largest absolute Gasteiger partial charge is 0.464 e. The van der Waals surface area contributed by atoms with Crippen LogP contribution < -0.4 is 0 Å². The molecule has 22 heavy (non-hydrogen) atoms. The molecule has 0 N–H and O–H groups in total. The van der Waals surface area contributed by atoms with Crippen LogP contribution in [0.15, 0.2) is 0 Å². The molecular formula is C16H30O6. The van der Waals surface area contributed by atoms with Gasteiger partial charge < -0.3 is 18.9 Å². The topological polar surface area (TPSA) is 71.1 Å². The number of unbranched alkanes of at least 4 members (excludes halogenated alkanes) is 2. The Bertz CT molecular complexity index is 275. The lowest BCUT2D eigenvalue weighted by molar-refractivity contribution is -0.183. The zero-order valence-electron chi connectivity index (χ0n) is 14.3. The summed E-state index contributed by atoms with van der Waals surface area (Å²) < 4.78 is 21.1. The predicted molar refractivity (Wildman–Crippen MR) is 82.6 cm³/mol. The van der Waals surface area contributed by atoms with E-state index in [1.54, 1.807) is 13.8 Å². The first-order chi connectivity index (χ1) is 10.6. The van der Waals surface area contributed by atoms with Crippen molar-refractivity contribution < 1.29 is 28.5 Å². The third kappa shape index (κ3) is 8.34. The molecule has 6 nitrogen and oxygen atoms in total. The Morgan fingerprint density at radius 2 is 1.09 bits per heavy atom. The molecule has 0 spiro atoms. The maximum absolute atomic E-state index is 12.1. The van der Waals surface area contributed by atoms with Gasteiger partial charge in [0.05, 0.1) is 13.2 Å². The number of ether oxygens (including phenoxy) is 4. The summed E-state index contributed by atoms with van der Waals surface area (Å²) in [6, 6.07) is 0. The molecule has 0 aromatic heterocycles. The molecular weight excluding hydrogens is 288 g/mol. The molecule has 0 aliphatic carbocycles. The van der Waals surface area contributed by atoms with Gasteiger partial charge in [-0.3, -0.25) is 0 Å². The molecule has 0 heterocycles. The summed E-state index contributed by atoms with van der Waals surface area (Å²) in [7, 11) is 0. The second kappa shape index (κ2) is 13.5. The van der Waals surface area contributed by atoms with Gasteiger partial charge in [0.25, 0.3) is 0 Å². The molecule has 0 amide bonds. The van der Waals surface area contributed by atoms with Crippen LogP contribution in [0.3, 0.4) is 0 Å². The third-order valence-corrected chi connectivity index (χ3v) is 2.90. The fourth-order valence-electron chi connectivity index (χ4n) is 1.72. The van der Waals surface area contributed by atoms with Gasteiger partial charge in [-0.1, -0.05) is 26.7 Å². The molecule has 6 heteroatoms. The van der Waals surface area contributed by atoms with E-state index in [0.717, 1.165) is 25.7 Å². The van der Waals surface area contributed by atoms with E-state index < -0.39 is 24.1 Å². The van der Waals surface area contributed by atoms with Gasteiger partial charge in [-0.05, 0) is 26.7 Å². The van der Waals surface area contributed by atoms with Crippen LogP contribution in [0.5, 0.6) is 0 Å². The Morgan fingerprint density at radius 1 is 0.727 bits per heavy atom. The fraction of sp³-hybridized carbons (Fsp3) is 0.875. The van der Waals surface area contributed by atoms with Crippen molar-refractivity contribution in [3.8, 4) is 0 Å². The molecule has 0 aromatic carbocycles. The van der Waals surface area contributed by atoms with Gasteiger partial charge in [0.1, 0.15) is 0 Å². The van der Waals surface area contributed by atoms with Crippen molar-refractivity contribution in [2.24, 2.45) is 0 Å². The van der Waals surface area contributed by atoms with Crippen molar-refractivity contribution in [3.63, 3.8) is 0 Å². The van der Waals surface area contributed by atoms with Crippen LogP contribution in [0.25, 0.3) is 0 Å². The molecule has 0 aliphatic rings. The van der Waals surface area contributed by atoms with E-state index in [1.165, 1.54) is 0 Å². The molecule has 0 fully saturated rings. The van der Waals surface area contributed by atoms with E-state index in [1.807, 2.05) is 13.8 Å². The minimum atomic E-state index is -1.08. The standard InChI is InChI=1S/C16H30O6/c1-5-9-11-21-13(15(17)19-7-3)14(16(18)20-8-4)22-12-10-6-2/h13-14H,5-12H2,1-4H3. The second-order valence-corrected chi connectivity index (χ2v) is 4.79. The van der Waals surface area contributed by atoms with Crippen molar-refractivity contribution in [2.45, 2.75) is 65.6 Å². The van der Waals surface area contributed by atoms with Crippen LogP contribution in [-0.2, 0) is 28.5 Å². The van der Waals surface area contributed by atoms with Gasteiger partial charge in [0, 0.05) is 13.2 Å². The molecule has 0 aromatic rings.